The van der Waals surface area contributed by atoms with E-state index in [1.807, 2.05) is 11.1 Å². The molecule has 0 aromatic heterocycles. The summed E-state index contributed by atoms with van der Waals surface area (Å²) in [5.74, 6) is -0.0805. The maximum atomic E-state index is 13.0. The normalized spacial score (nSPS) is 22.1. The van der Waals surface area contributed by atoms with E-state index >= 15 is 0 Å². The molecule has 1 N–H and O–H groups in total. The van der Waals surface area contributed by atoms with Crippen molar-refractivity contribution in [1.82, 2.24) is 10.3 Å². The summed E-state index contributed by atoms with van der Waals surface area (Å²) >= 11 is 0. The Morgan fingerprint density at radius 1 is 0.941 bits per heavy atom. The summed E-state index contributed by atoms with van der Waals surface area (Å²) in [7, 11) is 0. The molecule has 2 unspecified atom stereocenters. The van der Waals surface area contributed by atoms with E-state index in [4.69, 9.17) is 5.10 Å². The topological polar surface area (TPSA) is 27.6 Å². The first-order valence-electron chi connectivity index (χ1n) is 11.2. The number of hydrogen-bond acceptors (Lipinski definition) is 3. The van der Waals surface area contributed by atoms with E-state index in [0.717, 1.165) is 54.0 Å². The van der Waals surface area contributed by atoms with Crippen LogP contribution in [0.3, 0.4) is 0 Å². The number of hydrazone groups is 1. The van der Waals surface area contributed by atoms with Gasteiger partial charge in [-0.15, -0.1) is 0 Å². The van der Waals surface area contributed by atoms with Crippen LogP contribution >= 0.6 is 0 Å². The maximum absolute atomic E-state index is 13.0. The fourth-order valence-electron chi connectivity index (χ4n) is 4.47. The second-order valence-electron chi connectivity index (χ2n) is 8.59. The Balaban J connectivity index is 1.64. The lowest BCUT2D eigenvalue weighted by atomic mass is 9.83. The fourth-order valence-corrected chi connectivity index (χ4v) is 4.47. The van der Waals surface area contributed by atoms with Crippen molar-refractivity contribution < 1.29 is 26.3 Å². The molecule has 2 aromatic rings. The monoisotopic (exact) mass is 481 g/mol. The summed E-state index contributed by atoms with van der Waals surface area (Å²) in [5, 5.41) is 10.1. The third-order valence-corrected chi connectivity index (χ3v) is 6.20. The minimum Gasteiger partial charge on any atom is -0.312 e. The van der Waals surface area contributed by atoms with E-state index in [2.05, 4.69) is 12.2 Å². The van der Waals surface area contributed by atoms with Gasteiger partial charge in [0.15, 0.2) is 0 Å². The van der Waals surface area contributed by atoms with Gasteiger partial charge in [0.2, 0.25) is 0 Å². The Morgan fingerprint density at radius 2 is 1.53 bits per heavy atom. The van der Waals surface area contributed by atoms with Gasteiger partial charge >= 0.3 is 12.4 Å². The zero-order chi connectivity index (χ0) is 24.5. The van der Waals surface area contributed by atoms with Crippen LogP contribution in [0.1, 0.15) is 48.1 Å². The predicted octanol–water partition coefficient (Wildman–Crippen LogP) is 6.54. The molecule has 0 bridgehead atoms. The van der Waals surface area contributed by atoms with Crippen molar-refractivity contribution in [3.8, 4) is 0 Å². The van der Waals surface area contributed by atoms with Crippen molar-refractivity contribution >= 4 is 11.8 Å². The van der Waals surface area contributed by atoms with Crippen LogP contribution in [0.5, 0.6) is 0 Å². The van der Waals surface area contributed by atoms with Gasteiger partial charge in [0.25, 0.3) is 0 Å². The second-order valence-corrected chi connectivity index (χ2v) is 8.59. The van der Waals surface area contributed by atoms with E-state index in [1.54, 1.807) is 0 Å². The Kier molecular flexibility index (Phi) is 6.75. The average molecular weight is 481 g/mol. The van der Waals surface area contributed by atoms with E-state index in [9.17, 15) is 26.3 Å². The van der Waals surface area contributed by atoms with Gasteiger partial charge in [-0.2, -0.15) is 31.4 Å². The molecule has 0 spiro atoms. The number of rotatable bonds is 5. The van der Waals surface area contributed by atoms with Crippen molar-refractivity contribution in [2.75, 3.05) is 19.6 Å². The van der Waals surface area contributed by atoms with Crippen LogP contribution in [0, 0.1) is 5.92 Å². The van der Waals surface area contributed by atoms with E-state index in [-0.39, 0.29) is 12.0 Å². The molecular weight excluding hydrogens is 456 g/mol. The van der Waals surface area contributed by atoms with E-state index in [0.29, 0.717) is 25.2 Å². The Labute approximate surface area is 194 Å². The van der Waals surface area contributed by atoms with Crippen molar-refractivity contribution in [3.63, 3.8) is 0 Å². The molecule has 3 nitrogen and oxygen atoms in total. The molecule has 2 aromatic carbocycles. The van der Waals surface area contributed by atoms with Gasteiger partial charge in [-0.05, 0) is 53.5 Å². The van der Waals surface area contributed by atoms with Gasteiger partial charge in [0.05, 0.1) is 22.9 Å². The highest BCUT2D eigenvalue weighted by atomic mass is 19.4. The summed E-state index contributed by atoms with van der Waals surface area (Å²) in [6.45, 7) is 3.84. The van der Waals surface area contributed by atoms with Crippen molar-refractivity contribution in [1.29, 1.82) is 0 Å². The second kappa shape index (κ2) is 9.44. The number of fused-ring (bicyclic) bond motifs is 1. The van der Waals surface area contributed by atoms with E-state index in [1.165, 1.54) is 24.3 Å². The number of halogens is 6. The van der Waals surface area contributed by atoms with Gasteiger partial charge in [-0.1, -0.05) is 37.6 Å². The summed E-state index contributed by atoms with van der Waals surface area (Å²) < 4.78 is 77.8. The lowest BCUT2D eigenvalue weighted by molar-refractivity contribution is -0.138. The van der Waals surface area contributed by atoms with Crippen LogP contribution < -0.4 is 5.32 Å². The highest BCUT2D eigenvalue weighted by Gasteiger charge is 2.41. The third kappa shape index (κ3) is 5.14. The van der Waals surface area contributed by atoms with Crippen molar-refractivity contribution in [2.24, 2.45) is 11.0 Å². The van der Waals surface area contributed by atoms with Gasteiger partial charge in [-0.3, -0.25) is 5.01 Å². The minimum absolute atomic E-state index is 0.0805. The molecule has 0 aliphatic carbocycles. The number of unbranched alkanes of at least 4 members (excludes halogenated alkanes) is 1. The third-order valence-electron chi connectivity index (χ3n) is 6.20. The average Bonchev–Trinajstić information content (AvgIpc) is 3.16. The fraction of sp³-hybridized carbons (Fsp3) is 0.400. The summed E-state index contributed by atoms with van der Waals surface area (Å²) in [4.78, 5) is 0. The molecule has 2 heterocycles. The van der Waals surface area contributed by atoms with Crippen molar-refractivity contribution in [2.45, 2.75) is 38.2 Å². The van der Waals surface area contributed by atoms with Crippen LogP contribution in [-0.4, -0.2) is 30.4 Å². The van der Waals surface area contributed by atoms with Gasteiger partial charge in [0.1, 0.15) is 0 Å². The molecule has 0 radical (unpaired) electrons. The Morgan fingerprint density at radius 3 is 2.09 bits per heavy atom. The van der Waals surface area contributed by atoms with Gasteiger partial charge in [0, 0.05) is 25.6 Å². The summed E-state index contributed by atoms with van der Waals surface area (Å²) in [5.41, 5.74) is 1.68. The maximum Gasteiger partial charge on any atom is 0.416 e. The highest BCUT2D eigenvalue weighted by molar-refractivity contribution is 6.07. The smallest absolute Gasteiger partial charge is 0.312 e. The van der Waals surface area contributed by atoms with Crippen LogP contribution in [0.2, 0.25) is 0 Å². The molecule has 9 heteroatoms. The van der Waals surface area contributed by atoms with Crippen LogP contribution in [0.4, 0.5) is 26.3 Å². The zero-order valence-electron chi connectivity index (χ0n) is 18.5. The lowest BCUT2D eigenvalue weighted by Crippen LogP contribution is -2.40. The SMILES string of the molecule is CCCCN1N=C2/C(=C\c3ccc(C(F)(F)F)cc3)CNCC2C1c1ccc(C(F)(F)F)cc1. The van der Waals surface area contributed by atoms with Gasteiger partial charge < -0.3 is 5.32 Å². The number of alkyl halides is 6. The molecule has 1 fully saturated rings. The Bertz CT molecular complexity index is 1050. The van der Waals surface area contributed by atoms with Crippen LogP contribution in [-0.2, 0) is 12.4 Å². The first kappa shape index (κ1) is 24.3. The number of piperidine rings is 1. The molecule has 182 valence electrons. The first-order chi connectivity index (χ1) is 16.1. The molecule has 2 aliphatic rings. The Hall–Kier alpha value is -2.81. The molecule has 4 rings (SSSR count). The molecule has 2 atom stereocenters. The van der Waals surface area contributed by atoms with Gasteiger partial charge in [-0.25, -0.2) is 0 Å². The number of benzene rings is 2. The molecule has 0 saturated carbocycles. The molecule has 2 aliphatic heterocycles. The van der Waals surface area contributed by atoms with Crippen LogP contribution in [0.25, 0.3) is 6.08 Å². The number of hydrogen-bond donors (Lipinski definition) is 1. The largest absolute Gasteiger partial charge is 0.416 e. The molecular formula is C25H25F6N3. The standard InChI is InChI=1S/C25H25F6N3/c1-2-3-12-34-23(17-6-10-20(11-7-17)25(29,30)31)21-15-32-14-18(22(21)33-34)13-16-4-8-19(9-5-16)24(26,27)28/h4-11,13,21,23,32H,2-3,12,14-15H2,1H3/b18-13-. The molecule has 1 saturated heterocycles. The van der Waals surface area contributed by atoms with Crippen LogP contribution in [0.15, 0.2) is 59.2 Å². The molecule has 34 heavy (non-hydrogen) atoms. The first-order valence-corrected chi connectivity index (χ1v) is 11.2. The minimum atomic E-state index is -4.40. The quantitative estimate of drug-likeness (QED) is 0.491. The summed E-state index contributed by atoms with van der Waals surface area (Å²) in [6.07, 6.45) is -5.15. The summed E-state index contributed by atoms with van der Waals surface area (Å²) in [6, 6.07) is 9.96. The van der Waals surface area contributed by atoms with E-state index < -0.39 is 23.5 Å². The van der Waals surface area contributed by atoms with Crippen molar-refractivity contribution in [3.05, 3.63) is 76.4 Å². The highest BCUT2D eigenvalue weighted by Crippen LogP contribution is 2.40. The zero-order valence-corrected chi connectivity index (χ0v) is 18.5. The lowest BCUT2D eigenvalue weighted by Gasteiger charge is -2.31. The number of nitrogens with one attached hydrogen (secondary N) is 1. The number of nitrogens with zero attached hydrogens (tertiary/aromatic N) is 2. The predicted molar refractivity (Wildman–Crippen MR) is 119 cm³/mol. The molecule has 0 amide bonds.